The zero-order chi connectivity index (χ0) is 15.5. The van der Waals surface area contributed by atoms with E-state index in [1.165, 1.54) is 12.1 Å². The van der Waals surface area contributed by atoms with E-state index in [1.54, 1.807) is 24.3 Å². The van der Waals surface area contributed by atoms with Crippen molar-refractivity contribution in [3.63, 3.8) is 0 Å². The maximum absolute atomic E-state index is 12.4. The molecule has 0 saturated heterocycles. The summed E-state index contributed by atoms with van der Waals surface area (Å²) < 4.78 is 37.3. The van der Waals surface area contributed by atoms with E-state index in [1.807, 2.05) is 0 Å². The molecule has 0 aliphatic heterocycles. The van der Waals surface area contributed by atoms with E-state index in [0.717, 1.165) is 17.8 Å². The lowest BCUT2D eigenvalue weighted by molar-refractivity contribution is -0.137. The smallest absolute Gasteiger partial charge is 0.332 e. The van der Waals surface area contributed by atoms with Crippen LogP contribution < -0.4 is 10.6 Å². The number of rotatable bonds is 2. The second-order valence-corrected chi connectivity index (χ2v) is 5.01. The number of anilines is 2. The van der Waals surface area contributed by atoms with Crippen molar-refractivity contribution in [2.24, 2.45) is 0 Å². The molecule has 0 saturated carbocycles. The summed E-state index contributed by atoms with van der Waals surface area (Å²) in [5.74, 6) is 0. The van der Waals surface area contributed by atoms with Gasteiger partial charge in [0.2, 0.25) is 0 Å². The largest absolute Gasteiger partial charge is 0.416 e. The van der Waals surface area contributed by atoms with Gasteiger partial charge in [-0.15, -0.1) is 0 Å². The van der Waals surface area contributed by atoms with Crippen LogP contribution in [0.3, 0.4) is 0 Å². The average molecular weight is 331 g/mol. The molecular weight excluding hydrogens is 321 g/mol. The molecule has 0 heterocycles. The molecule has 0 aliphatic carbocycles. The Hall–Kier alpha value is -1.79. The van der Waals surface area contributed by atoms with E-state index in [0.29, 0.717) is 10.7 Å². The second kappa shape index (κ2) is 6.32. The van der Waals surface area contributed by atoms with Gasteiger partial charge in [-0.2, -0.15) is 13.2 Å². The van der Waals surface area contributed by atoms with E-state index in [4.69, 9.17) is 23.8 Å². The number of thiocarbonyl (C=S) groups is 1. The lowest BCUT2D eigenvalue weighted by atomic mass is 10.2. The Balaban J connectivity index is 1.98. The van der Waals surface area contributed by atoms with Crippen LogP contribution in [0, 0.1) is 0 Å². The molecule has 0 radical (unpaired) electrons. The fourth-order valence-corrected chi connectivity index (χ4v) is 1.93. The molecule has 0 spiro atoms. The molecule has 0 amide bonds. The Morgan fingerprint density at radius 2 is 1.29 bits per heavy atom. The van der Waals surface area contributed by atoms with E-state index >= 15 is 0 Å². The molecule has 7 heteroatoms. The molecule has 2 aromatic carbocycles. The number of nitrogens with one attached hydrogen (secondary N) is 2. The Kier molecular flexibility index (Phi) is 4.69. The molecule has 110 valence electrons. The van der Waals surface area contributed by atoms with E-state index in [2.05, 4.69) is 10.6 Å². The first-order valence-corrected chi connectivity index (χ1v) is 6.64. The number of halogens is 4. The third-order valence-electron chi connectivity index (χ3n) is 2.57. The number of hydrogen-bond acceptors (Lipinski definition) is 1. The summed E-state index contributed by atoms with van der Waals surface area (Å²) in [5.41, 5.74) is 0.489. The second-order valence-electron chi connectivity index (χ2n) is 4.16. The van der Waals surface area contributed by atoms with Crippen LogP contribution >= 0.6 is 23.8 Å². The summed E-state index contributed by atoms with van der Waals surface area (Å²) in [6.45, 7) is 0. The van der Waals surface area contributed by atoms with Crippen molar-refractivity contribution in [3.8, 4) is 0 Å². The highest BCUT2D eigenvalue weighted by molar-refractivity contribution is 7.80. The quantitative estimate of drug-likeness (QED) is 0.743. The highest BCUT2D eigenvalue weighted by atomic mass is 35.5. The van der Waals surface area contributed by atoms with Gasteiger partial charge in [-0.3, -0.25) is 0 Å². The van der Waals surface area contributed by atoms with Gasteiger partial charge in [0.05, 0.1) is 5.56 Å². The van der Waals surface area contributed by atoms with E-state index < -0.39 is 11.7 Å². The predicted octanol–water partition coefficient (Wildman–Crippen LogP) is 5.17. The Labute approximate surface area is 129 Å². The fraction of sp³-hybridized carbons (Fsp3) is 0.0714. The molecule has 0 aromatic heterocycles. The van der Waals surface area contributed by atoms with Gasteiger partial charge < -0.3 is 10.6 Å². The van der Waals surface area contributed by atoms with Crippen molar-refractivity contribution >= 4 is 40.3 Å². The standard InChI is InChI=1S/C14H10ClF3N2S/c15-10-3-7-12(8-4-10)20-13(21)19-11-5-1-9(2-6-11)14(16,17)18/h1-8H,(H2,19,20,21). The van der Waals surface area contributed by atoms with Gasteiger partial charge in [0, 0.05) is 16.4 Å². The SMILES string of the molecule is FC(F)(F)c1ccc(NC(=S)Nc2ccc(Cl)cc2)cc1. The van der Waals surface area contributed by atoms with Gasteiger partial charge in [-0.05, 0) is 60.7 Å². The summed E-state index contributed by atoms with van der Waals surface area (Å²) in [6, 6.07) is 11.5. The summed E-state index contributed by atoms with van der Waals surface area (Å²) in [5, 5.41) is 6.58. The zero-order valence-electron chi connectivity index (χ0n) is 10.5. The average Bonchev–Trinajstić information content (AvgIpc) is 2.41. The predicted molar refractivity (Wildman–Crippen MR) is 82.7 cm³/mol. The molecule has 0 fully saturated rings. The fourth-order valence-electron chi connectivity index (χ4n) is 1.57. The first kappa shape index (κ1) is 15.6. The van der Waals surface area contributed by atoms with Crippen LogP contribution in [0.5, 0.6) is 0 Å². The summed E-state index contributed by atoms with van der Waals surface area (Å²) >= 11 is 10.8. The molecule has 0 atom stereocenters. The van der Waals surface area contributed by atoms with E-state index in [9.17, 15) is 13.2 Å². The van der Waals surface area contributed by atoms with Crippen molar-refractivity contribution in [2.75, 3.05) is 10.6 Å². The number of alkyl halides is 3. The normalized spacial score (nSPS) is 11.0. The van der Waals surface area contributed by atoms with Crippen LogP contribution in [-0.4, -0.2) is 5.11 Å². The zero-order valence-corrected chi connectivity index (χ0v) is 12.1. The molecule has 0 bridgehead atoms. The maximum atomic E-state index is 12.4. The Morgan fingerprint density at radius 1 is 0.857 bits per heavy atom. The van der Waals surface area contributed by atoms with Crippen molar-refractivity contribution in [3.05, 3.63) is 59.1 Å². The minimum absolute atomic E-state index is 0.275. The van der Waals surface area contributed by atoms with Gasteiger partial charge in [0.1, 0.15) is 0 Å². The van der Waals surface area contributed by atoms with Gasteiger partial charge in [0.15, 0.2) is 5.11 Å². The minimum atomic E-state index is -4.35. The van der Waals surface area contributed by atoms with Gasteiger partial charge in [-0.25, -0.2) is 0 Å². The van der Waals surface area contributed by atoms with Gasteiger partial charge in [0.25, 0.3) is 0 Å². The molecule has 0 unspecified atom stereocenters. The maximum Gasteiger partial charge on any atom is 0.416 e. The Bertz CT molecular complexity index is 624. The molecule has 21 heavy (non-hydrogen) atoms. The van der Waals surface area contributed by atoms with Crippen molar-refractivity contribution in [2.45, 2.75) is 6.18 Å². The molecular formula is C14H10ClF3N2S. The monoisotopic (exact) mass is 330 g/mol. The van der Waals surface area contributed by atoms with Crippen molar-refractivity contribution in [1.29, 1.82) is 0 Å². The Morgan fingerprint density at radius 3 is 1.71 bits per heavy atom. The molecule has 2 rings (SSSR count). The van der Waals surface area contributed by atoms with Crippen LogP contribution in [-0.2, 0) is 6.18 Å². The van der Waals surface area contributed by atoms with Crippen molar-refractivity contribution < 1.29 is 13.2 Å². The summed E-state index contributed by atoms with van der Waals surface area (Å²) in [6.07, 6.45) is -4.35. The first-order valence-electron chi connectivity index (χ1n) is 5.85. The highest BCUT2D eigenvalue weighted by Gasteiger charge is 2.29. The summed E-state index contributed by atoms with van der Waals surface area (Å²) in [4.78, 5) is 0. The van der Waals surface area contributed by atoms with Crippen LogP contribution in [0.1, 0.15) is 5.56 Å². The van der Waals surface area contributed by atoms with Crippen molar-refractivity contribution in [1.82, 2.24) is 0 Å². The summed E-state index contributed by atoms with van der Waals surface area (Å²) in [7, 11) is 0. The number of hydrogen-bond donors (Lipinski definition) is 2. The third-order valence-corrected chi connectivity index (χ3v) is 3.03. The topological polar surface area (TPSA) is 24.1 Å². The third kappa shape index (κ3) is 4.61. The van der Waals surface area contributed by atoms with Crippen LogP contribution in [0.2, 0.25) is 5.02 Å². The lowest BCUT2D eigenvalue weighted by Gasteiger charge is -2.12. The molecule has 0 aliphatic rings. The van der Waals surface area contributed by atoms with Crippen LogP contribution in [0.15, 0.2) is 48.5 Å². The van der Waals surface area contributed by atoms with Gasteiger partial charge in [-0.1, -0.05) is 11.6 Å². The molecule has 2 aromatic rings. The first-order chi connectivity index (χ1) is 9.84. The minimum Gasteiger partial charge on any atom is -0.332 e. The van der Waals surface area contributed by atoms with Gasteiger partial charge >= 0.3 is 6.18 Å². The van der Waals surface area contributed by atoms with E-state index in [-0.39, 0.29) is 5.11 Å². The number of benzene rings is 2. The highest BCUT2D eigenvalue weighted by Crippen LogP contribution is 2.29. The molecule has 2 nitrogen and oxygen atoms in total. The molecule has 2 N–H and O–H groups in total. The van der Waals surface area contributed by atoms with Crippen LogP contribution in [0.25, 0.3) is 0 Å². The lowest BCUT2D eigenvalue weighted by Crippen LogP contribution is -2.19. The van der Waals surface area contributed by atoms with Crippen LogP contribution in [0.4, 0.5) is 24.5 Å².